The third-order valence-electron chi connectivity index (χ3n) is 3.65. The summed E-state index contributed by atoms with van der Waals surface area (Å²) in [6.45, 7) is 4.04. The zero-order chi connectivity index (χ0) is 14.8. The van der Waals surface area contributed by atoms with Crippen LogP contribution in [0.5, 0.6) is 0 Å². The number of aromatic nitrogens is 3. The van der Waals surface area contributed by atoms with Crippen molar-refractivity contribution < 1.29 is 0 Å². The topological polar surface area (TPSA) is 53.6 Å². The Morgan fingerprint density at radius 2 is 2.05 bits per heavy atom. The highest BCUT2D eigenvalue weighted by Crippen LogP contribution is 2.31. The fourth-order valence-corrected chi connectivity index (χ4v) is 2.64. The van der Waals surface area contributed by atoms with Crippen LogP contribution in [-0.2, 0) is 0 Å². The highest BCUT2D eigenvalue weighted by Gasteiger charge is 2.15. The average Bonchev–Trinajstić information content (AvgIpc) is 2.93. The maximum atomic E-state index is 4.33. The van der Waals surface area contributed by atoms with Gasteiger partial charge in [-0.25, -0.2) is 9.97 Å². The van der Waals surface area contributed by atoms with Gasteiger partial charge in [-0.1, -0.05) is 24.3 Å². The number of nitrogens with zero attached hydrogens (tertiary/aromatic N) is 2. The van der Waals surface area contributed by atoms with Crippen molar-refractivity contribution in [2.45, 2.75) is 13.8 Å². The van der Waals surface area contributed by atoms with Gasteiger partial charge >= 0.3 is 0 Å². The molecule has 0 unspecified atom stereocenters. The van der Waals surface area contributed by atoms with E-state index in [9.17, 15) is 0 Å². The summed E-state index contributed by atoms with van der Waals surface area (Å²) in [6, 6.07) is 10.4. The van der Waals surface area contributed by atoms with Crippen molar-refractivity contribution in [3.05, 3.63) is 59.7 Å². The maximum absolute atomic E-state index is 4.33. The van der Waals surface area contributed by atoms with Crippen LogP contribution in [0.15, 0.2) is 42.7 Å². The molecule has 0 saturated carbocycles. The normalized spacial score (nSPS) is 11.9. The molecule has 106 valence electrons. The van der Waals surface area contributed by atoms with E-state index in [1.807, 2.05) is 33.0 Å². The second kappa shape index (κ2) is 5.40. The van der Waals surface area contributed by atoms with Gasteiger partial charge in [0.2, 0.25) is 0 Å². The van der Waals surface area contributed by atoms with Crippen molar-refractivity contribution in [3.63, 3.8) is 0 Å². The largest absolute Gasteiger partial charge is 0.373 e. The van der Waals surface area contributed by atoms with Crippen LogP contribution in [0.4, 0.5) is 5.82 Å². The quantitative estimate of drug-likeness (QED) is 0.767. The average molecular weight is 278 g/mol. The van der Waals surface area contributed by atoms with E-state index in [1.54, 1.807) is 6.33 Å². The van der Waals surface area contributed by atoms with E-state index in [0.717, 1.165) is 33.9 Å². The van der Waals surface area contributed by atoms with Gasteiger partial charge in [-0.2, -0.15) is 0 Å². The van der Waals surface area contributed by atoms with E-state index >= 15 is 0 Å². The fourth-order valence-electron chi connectivity index (χ4n) is 2.64. The minimum absolute atomic E-state index is 0.842. The first kappa shape index (κ1) is 13.4. The van der Waals surface area contributed by atoms with E-state index in [0.29, 0.717) is 0 Å². The number of rotatable bonds is 3. The lowest BCUT2D eigenvalue weighted by Crippen LogP contribution is -2.03. The van der Waals surface area contributed by atoms with Crippen LogP contribution in [0.1, 0.15) is 23.9 Å². The van der Waals surface area contributed by atoms with Crippen molar-refractivity contribution in [1.82, 2.24) is 15.0 Å². The maximum Gasteiger partial charge on any atom is 0.137 e. The summed E-state index contributed by atoms with van der Waals surface area (Å²) in [5.74, 6) is 0.842. The number of hydrogen-bond acceptors (Lipinski definition) is 3. The summed E-state index contributed by atoms with van der Waals surface area (Å²) in [7, 11) is 1.88. The predicted octanol–water partition coefficient (Wildman–Crippen LogP) is 3.76. The predicted molar refractivity (Wildman–Crippen MR) is 87.4 cm³/mol. The van der Waals surface area contributed by atoms with E-state index in [1.165, 1.54) is 5.39 Å². The van der Waals surface area contributed by atoms with Crippen LogP contribution < -0.4 is 5.32 Å². The molecule has 0 atom stereocenters. The van der Waals surface area contributed by atoms with Crippen molar-refractivity contribution in [2.75, 3.05) is 12.4 Å². The van der Waals surface area contributed by atoms with Crippen molar-refractivity contribution in [1.29, 1.82) is 0 Å². The molecule has 0 spiro atoms. The van der Waals surface area contributed by atoms with Crippen molar-refractivity contribution in [2.24, 2.45) is 0 Å². The SMILES string of the molecule is C/C=C(/c1cc2ccccc2[nH]1)c1c(C)ncnc1NC. The number of aryl methyl sites for hydroxylation is 1. The lowest BCUT2D eigenvalue weighted by molar-refractivity contribution is 1.08. The fraction of sp³-hybridized carbons (Fsp3) is 0.176. The van der Waals surface area contributed by atoms with Gasteiger partial charge in [0.1, 0.15) is 12.1 Å². The highest BCUT2D eigenvalue weighted by molar-refractivity contribution is 5.91. The number of H-pyrrole nitrogens is 1. The lowest BCUT2D eigenvalue weighted by atomic mass is 10.0. The number of para-hydroxylation sites is 1. The monoisotopic (exact) mass is 278 g/mol. The molecule has 4 heteroatoms. The molecule has 0 amide bonds. The first-order chi connectivity index (χ1) is 10.2. The summed E-state index contributed by atoms with van der Waals surface area (Å²) >= 11 is 0. The van der Waals surface area contributed by atoms with E-state index in [4.69, 9.17) is 0 Å². The Bertz CT molecular complexity index is 782. The first-order valence-corrected chi connectivity index (χ1v) is 6.98. The molecule has 2 aromatic heterocycles. The Morgan fingerprint density at radius 3 is 2.76 bits per heavy atom. The molecule has 0 radical (unpaired) electrons. The third kappa shape index (κ3) is 2.29. The van der Waals surface area contributed by atoms with Crippen LogP contribution >= 0.6 is 0 Å². The number of benzene rings is 1. The standard InChI is InChI=1S/C17H18N4/c1-4-13(16-11(2)19-10-20-17(16)18-3)15-9-12-7-5-6-8-14(12)21-15/h4-10,21H,1-3H3,(H,18,19,20)/b13-4-. The molecule has 1 aromatic carbocycles. The number of fused-ring (bicyclic) bond motifs is 1. The molecule has 0 aliphatic carbocycles. The van der Waals surface area contributed by atoms with Crippen LogP contribution in [0.2, 0.25) is 0 Å². The van der Waals surface area contributed by atoms with Crippen LogP contribution in [0.3, 0.4) is 0 Å². The molecule has 0 aliphatic heterocycles. The summed E-state index contributed by atoms with van der Waals surface area (Å²) < 4.78 is 0. The Labute approximate surface area is 124 Å². The summed E-state index contributed by atoms with van der Waals surface area (Å²) in [4.78, 5) is 12.1. The van der Waals surface area contributed by atoms with Gasteiger partial charge in [-0.15, -0.1) is 0 Å². The Hall–Kier alpha value is -2.62. The minimum Gasteiger partial charge on any atom is -0.373 e. The van der Waals surface area contributed by atoms with E-state index < -0.39 is 0 Å². The van der Waals surface area contributed by atoms with Crippen LogP contribution in [0, 0.1) is 6.92 Å². The number of anilines is 1. The smallest absolute Gasteiger partial charge is 0.137 e. The number of allylic oxidation sites excluding steroid dienone is 1. The molecular weight excluding hydrogens is 260 g/mol. The highest BCUT2D eigenvalue weighted by atomic mass is 15.0. The van der Waals surface area contributed by atoms with Crippen molar-refractivity contribution in [3.8, 4) is 0 Å². The summed E-state index contributed by atoms with van der Waals surface area (Å²) in [5.41, 5.74) is 5.31. The molecule has 0 saturated heterocycles. The Balaban J connectivity index is 2.19. The molecule has 0 aliphatic rings. The Kier molecular flexibility index (Phi) is 3.44. The first-order valence-electron chi connectivity index (χ1n) is 6.98. The zero-order valence-electron chi connectivity index (χ0n) is 12.4. The second-order valence-corrected chi connectivity index (χ2v) is 4.91. The van der Waals surface area contributed by atoms with E-state index in [-0.39, 0.29) is 0 Å². The van der Waals surface area contributed by atoms with E-state index in [2.05, 4.69) is 44.5 Å². The third-order valence-corrected chi connectivity index (χ3v) is 3.65. The van der Waals surface area contributed by atoms with Gasteiger partial charge in [0, 0.05) is 34.8 Å². The van der Waals surface area contributed by atoms with Gasteiger partial charge in [-0.3, -0.25) is 0 Å². The lowest BCUT2D eigenvalue weighted by Gasteiger charge is -2.12. The van der Waals surface area contributed by atoms with Gasteiger partial charge in [0.15, 0.2) is 0 Å². The molecule has 21 heavy (non-hydrogen) atoms. The van der Waals surface area contributed by atoms with Gasteiger partial charge in [0.05, 0.1) is 5.69 Å². The molecule has 4 nitrogen and oxygen atoms in total. The van der Waals surface area contributed by atoms with Gasteiger partial charge in [-0.05, 0) is 26.0 Å². The summed E-state index contributed by atoms with van der Waals surface area (Å²) in [5, 5.41) is 4.35. The number of nitrogens with one attached hydrogen (secondary N) is 2. The molecule has 0 bridgehead atoms. The number of hydrogen-bond donors (Lipinski definition) is 2. The zero-order valence-corrected chi connectivity index (χ0v) is 12.4. The molecule has 2 N–H and O–H groups in total. The van der Waals surface area contributed by atoms with Gasteiger partial charge < -0.3 is 10.3 Å². The van der Waals surface area contributed by atoms with Crippen LogP contribution in [0.25, 0.3) is 16.5 Å². The van der Waals surface area contributed by atoms with Crippen molar-refractivity contribution >= 4 is 22.3 Å². The Morgan fingerprint density at radius 1 is 1.24 bits per heavy atom. The molecule has 3 rings (SSSR count). The molecular formula is C17H18N4. The van der Waals surface area contributed by atoms with Crippen LogP contribution in [-0.4, -0.2) is 22.0 Å². The van der Waals surface area contributed by atoms with Gasteiger partial charge in [0.25, 0.3) is 0 Å². The molecule has 3 aromatic rings. The second-order valence-electron chi connectivity index (χ2n) is 4.91. The number of aromatic amines is 1. The molecule has 2 heterocycles. The summed E-state index contributed by atoms with van der Waals surface area (Å²) in [6.07, 6.45) is 3.68. The molecule has 0 fully saturated rings. The minimum atomic E-state index is 0.842.